The molecule has 4 heteroatoms. The van der Waals surface area contributed by atoms with Crippen molar-refractivity contribution >= 4 is 21.8 Å². The Morgan fingerprint density at radius 2 is 2.05 bits per heavy atom. The molecule has 1 atom stereocenters. The Balaban J connectivity index is 2.59. The second-order valence-corrected chi connectivity index (χ2v) is 7.30. The molecule has 19 heavy (non-hydrogen) atoms. The molecule has 106 valence electrons. The zero-order chi connectivity index (χ0) is 14.6. The maximum atomic E-state index is 13.8. The minimum atomic E-state index is -0.443. The summed E-state index contributed by atoms with van der Waals surface area (Å²) in [6, 6.07) is 4.85. The SMILES string of the molecule is Cc1cccc(C(=O)NCC(Br)CC(C)(C)C)c1F. The van der Waals surface area contributed by atoms with Crippen LogP contribution in [0.15, 0.2) is 18.2 Å². The van der Waals surface area contributed by atoms with E-state index in [-0.39, 0.29) is 21.7 Å². The molecule has 0 radical (unpaired) electrons. The van der Waals surface area contributed by atoms with Crippen LogP contribution in [0.25, 0.3) is 0 Å². The molecule has 0 spiro atoms. The summed E-state index contributed by atoms with van der Waals surface area (Å²) in [5.74, 6) is -0.804. The van der Waals surface area contributed by atoms with Crippen molar-refractivity contribution in [2.75, 3.05) is 6.54 Å². The first-order valence-corrected chi connectivity index (χ1v) is 7.29. The van der Waals surface area contributed by atoms with Gasteiger partial charge in [-0.1, -0.05) is 48.8 Å². The molecule has 0 fully saturated rings. The fraction of sp³-hybridized carbons (Fsp3) is 0.533. The number of benzene rings is 1. The highest BCUT2D eigenvalue weighted by Gasteiger charge is 2.18. The number of carbonyl (C=O) groups is 1. The van der Waals surface area contributed by atoms with Gasteiger partial charge in [0, 0.05) is 11.4 Å². The lowest BCUT2D eigenvalue weighted by Crippen LogP contribution is -2.32. The smallest absolute Gasteiger partial charge is 0.254 e. The van der Waals surface area contributed by atoms with Crippen molar-refractivity contribution in [2.24, 2.45) is 5.41 Å². The maximum Gasteiger partial charge on any atom is 0.254 e. The summed E-state index contributed by atoms with van der Waals surface area (Å²) in [6.07, 6.45) is 0.934. The van der Waals surface area contributed by atoms with E-state index in [1.54, 1.807) is 19.1 Å². The van der Waals surface area contributed by atoms with Crippen molar-refractivity contribution < 1.29 is 9.18 Å². The van der Waals surface area contributed by atoms with E-state index in [1.807, 2.05) is 0 Å². The first-order chi connectivity index (χ1) is 8.70. The Hall–Kier alpha value is -0.900. The minimum absolute atomic E-state index is 0.107. The Kier molecular flexibility index (Phi) is 5.53. The number of halogens is 2. The second-order valence-electron chi connectivity index (χ2n) is 6.01. The normalized spacial score (nSPS) is 13.2. The molecular formula is C15H21BrFNO. The second kappa shape index (κ2) is 6.51. The molecule has 1 unspecified atom stereocenters. The van der Waals surface area contributed by atoms with Gasteiger partial charge in [0.15, 0.2) is 0 Å². The quantitative estimate of drug-likeness (QED) is 0.829. The summed E-state index contributed by atoms with van der Waals surface area (Å²) < 4.78 is 13.8. The van der Waals surface area contributed by atoms with E-state index in [4.69, 9.17) is 0 Å². The predicted octanol–water partition coefficient (Wildman–Crippen LogP) is 4.06. The lowest BCUT2D eigenvalue weighted by molar-refractivity contribution is 0.0948. The van der Waals surface area contributed by atoms with Crippen molar-refractivity contribution in [3.63, 3.8) is 0 Å². The van der Waals surface area contributed by atoms with Gasteiger partial charge in [0.2, 0.25) is 0 Å². The van der Waals surface area contributed by atoms with Crippen molar-refractivity contribution in [3.05, 3.63) is 35.1 Å². The Morgan fingerprint density at radius 3 is 2.63 bits per heavy atom. The molecule has 1 aromatic carbocycles. The summed E-state index contributed by atoms with van der Waals surface area (Å²) in [6.45, 7) is 8.57. The molecule has 1 aromatic rings. The third-order valence-electron chi connectivity index (χ3n) is 2.75. The largest absolute Gasteiger partial charge is 0.351 e. The summed E-state index contributed by atoms with van der Waals surface area (Å²) in [5.41, 5.74) is 0.779. The Morgan fingerprint density at radius 1 is 1.42 bits per heavy atom. The number of hydrogen-bond donors (Lipinski definition) is 1. The van der Waals surface area contributed by atoms with Gasteiger partial charge < -0.3 is 5.32 Å². The van der Waals surface area contributed by atoms with E-state index in [2.05, 4.69) is 42.0 Å². The highest BCUT2D eigenvalue weighted by molar-refractivity contribution is 9.09. The van der Waals surface area contributed by atoms with Gasteiger partial charge in [0.05, 0.1) is 5.56 Å². The van der Waals surface area contributed by atoms with Gasteiger partial charge in [-0.3, -0.25) is 4.79 Å². The molecular weight excluding hydrogens is 309 g/mol. The molecule has 1 rings (SSSR count). The Labute approximate surface area is 122 Å². The van der Waals surface area contributed by atoms with Gasteiger partial charge in [-0.2, -0.15) is 0 Å². The lowest BCUT2D eigenvalue weighted by Gasteiger charge is -2.22. The monoisotopic (exact) mass is 329 g/mol. The first-order valence-electron chi connectivity index (χ1n) is 6.38. The minimum Gasteiger partial charge on any atom is -0.351 e. The van der Waals surface area contributed by atoms with E-state index in [1.165, 1.54) is 6.07 Å². The highest BCUT2D eigenvalue weighted by Crippen LogP contribution is 2.24. The third-order valence-corrected chi connectivity index (χ3v) is 3.40. The summed E-state index contributed by atoms with van der Waals surface area (Å²) in [7, 11) is 0. The van der Waals surface area contributed by atoms with E-state index in [9.17, 15) is 9.18 Å². The molecule has 0 saturated heterocycles. The van der Waals surface area contributed by atoms with Gasteiger partial charge >= 0.3 is 0 Å². The Bertz CT molecular complexity index is 454. The van der Waals surface area contributed by atoms with Gasteiger partial charge in [0.25, 0.3) is 5.91 Å². The van der Waals surface area contributed by atoms with Crippen LogP contribution in [0.1, 0.15) is 43.1 Å². The van der Waals surface area contributed by atoms with Gasteiger partial charge in [-0.25, -0.2) is 4.39 Å². The molecule has 0 saturated carbocycles. The van der Waals surface area contributed by atoms with E-state index >= 15 is 0 Å². The third kappa shape index (κ3) is 5.31. The van der Waals surface area contributed by atoms with Crippen LogP contribution in [-0.2, 0) is 0 Å². The predicted molar refractivity (Wildman–Crippen MR) is 80.3 cm³/mol. The van der Waals surface area contributed by atoms with Crippen LogP contribution in [0.2, 0.25) is 0 Å². The molecule has 1 amide bonds. The average Bonchev–Trinajstić information content (AvgIpc) is 2.27. The maximum absolute atomic E-state index is 13.8. The summed E-state index contributed by atoms with van der Waals surface area (Å²) in [5, 5.41) is 2.76. The molecule has 0 aliphatic carbocycles. The fourth-order valence-electron chi connectivity index (χ4n) is 1.86. The van der Waals surface area contributed by atoms with Crippen LogP contribution >= 0.6 is 15.9 Å². The highest BCUT2D eigenvalue weighted by atomic mass is 79.9. The van der Waals surface area contributed by atoms with Crippen LogP contribution in [0.5, 0.6) is 0 Å². The van der Waals surface area contributed by atoms with Crippen LogP contribution in [0, 0.1) is 18.2 Å². The summed E-state index contributed by atoms with van der Waals surface area (Å²) in [4.78, 5) is 12.1. The molecule has 0 aliphatic rings. The zero-order valence-corrected chi connectivity index (χ0v) is 13.5. The first kappa shape index (κ1) is 16.2. The number of rotatable bonds is 4. The molecule has 0 aliphatic heterocycles. The van der Waals surface area contributed by atoms with Crippen molar-refractivity contribution in [3.8, 4) is 0 Å². The summed E-state index contributed by atoms with van der Waals surface area (Å²) >= 11 is 3.54. The average molecular weight is 330 g/mol. The lowest BCUT2D eigenvalue weighted by atomic mass is 9.90. The topological polar surface area (TPSA) is 29.1 Å². The van der Waals surface area contributed by atoms with Crippen LogP contribution in [-0.4, -0.2) is 17.3 Å². The number of nitrogens with one attached hydrogen (secondary N) is 1. The van der Waals surface area contributed by atoms with E-state index in [0.29, 0.717) is 12.1 Å². The van der Waals surface area contributed by atoms with Crippen molar-refractivity contribution in [1.82, 2.24) is 5.32 Å². The molecule has 0 heterocycles. The zero-order valence-electron chi connectivity index (χ0n) is 11.9. The van der Waals surface area contributed by atoms with Crippen LogP contribution < -0.4 is 5.32 Å². The number of amides is 1. The van der Waals surface area contributed by atoms with Crippen LogP contribution in [0.4, 0.5) is 4.39 Å². The van der Waals surface area contributed by atoms with E-state index in [0.717, 1.165) is 6.42 Å². The van der Waals surface area contributed by atoms with E-state index < -0.39 is 5.82 Å². The molecule has 0 bridgehead atoms. The molecule has 1 N–H and O–H groups in total. The van der Waals surface area contributed by atoms with Gasteiger partial charge in [0.1, 0.15) is 5.82 Å². The number of hydrogen-bond acceptors (Lipinski definition) is 1. The molecule has 2 nitrogen and oxygen atoms in total. The van der Waals surface area contributed by atoms with Gasteiger partial charge in [-0.05, 0) is 30.4 Å². The number of alkyl halides is 1. The fourth-order valence-corrected chi connectivity index (χ4v) is 2.99. The number of aryl methyl sites for hydroxylation is 1. The standard InChI is InChI=1S/C15H21BrFNO/c1-10-6-5-7-12(13(10)17)14(19)18-9-11(16)8-15(2,3)4/h5-7,11H,8-9H2,1-4H3,(H,18,19). The van der Waals surface area contributed by atoms with Crippen LogP contribution in [0.3, 0.4) is 0 Å². The van der Waals surface area contributed by atoms with Gasteiger partial charge in [-0.15, -0.1) is 0 Å². The molecule has 0 aromatic heterocycles. The van der Waals surface area contributed by atoms with Crippen molar-refractivity contribution in [1.29, 1.82) is 0 Å². The number of carbonyl (C=O) groups excluding carboxylic acids is 1. The van der Waals surface area contributed by atoms with Crippen molar-refractivity contribution in [2.45, 2.75) is 38.9 Å².